The number of nitriles is 3. The van der Waals surface area contributed by atoms with Gasteiger partial charge in [0.1, 0.15) is 23.5 Å². The topological polar surface area (TPSA) is 162 Å². The molecule has 0 aliphatic heterocycles. The molecule has 0 aromatic heterocycles. The number of allylic oxidation sites excluding steroid dienone is 2. The maximum Gasteiger partial charge on any atom is 0.345 e. The van der Waals surface area contributed by atoms with Crippen molar-refractivity contribution in [1.82, 2.24) is 0 Å². The molecular formula is C26H4F10N4O6S2. The van der Waals surface area contributed by atoms with E-state index in [0.29, 0.717) is 12.2 Å². The zero-order valence-corrected chi connectivity index (χ0v) is 23.8. The average Bonchev–Trinajstić information content (AvgIpc) is 3.03. The minimum atomic E-state index is -6.20. The molecule has 3 rings (SSSR count). The second kappa shape index (κ2) is 13.3. The third-order valence-electron chi connectivity index (χ3n) is 5.45. The highest BCUT2D eigenvalue weighted by Crippen LogP contribution is 2.38. The van der Waals surface area contributed by atoms with E-state index in [-0.39, 0.29) is 12.1 Å². The number of benzene rings is 3. The van der Waals surface area contributed by atoms with E-state index >= 15 is 0 Å². The van der Waals surface area contributed by atoms with Crippen molar-refractivity contribution in [3.8, 4) is 29.7 Å². The summed E-state index contributed by atoms with van der Waals surface area (Å²) in [6.07, 6.45) is 0.631. The highest BCUT2D eigenvalue weighted by molar-refractivity contribution is 7.87. The lowest BCUT2D eigenvalue weighted by atomic mass is 10.1. The molecule has 0 saturated carbocycles. The quantitative estimate of drug-likeness (QED) is 0.0696. The lowest BCUT2D eigenvalue weighted by Gasteiger charge is -2.16. The summed E-state index contributed by atoms with van der Waals surface area (Å²) in [4.78, 5) is -2.50. The molecule has 0 N–H and O–H groups in total. The molecule has 246 valence electrons. The minimum Gasteiger partial charge on any atom is -0.378 e. The fraction of sp³-hybridized carbons (Fsp3) is 0. The summed E-state index contributed by atoms with van der Waals surface area (Å²) in [6, 6.07) is 4.02. The molecule has 0 heterocycles. The van der Waals surface area contributed by atoms with Crippen LogP contribution in [-0.4, -0.2) is 16.8 Å². The lowest BCUT2D eigenvalue weighted by molar-refractivity contribution is 0.352. The molecule has 0 unspecified atom stereocenters. The summed E-state index contributed by atoms with van der Waals surface area (Å²) in [7, 11) is -12.4. The van der Waals surface area contributed by atoms with E-state index in [1.165, 1.54) is 18.2 Å². The van der Waals surface area contributed by atoms with Crippen molar-refractivity contribution in [1.29, 1.82) is 15.8 Å². The van der Waals surface area contributed by atoms with Crippen LogP contribution in [0, 0.1) is 98.7 Å². The molecule has 0 radical (unpaired) electrons. The van der Waals surface area contributed by atoms with Crippen molar-refractivity contribution in [2.24, 2.45) is 0 Å². The van der Waals surface area contributed by atoms with Crippen molar-refractivity contribution in [2.45, 2.75) is 9.79 Å². The number of rotatable bonds is 8. The first-order valence-electron chi connectivity index (χ1n) is 11.4. The van der Waals surface area contributed by atoms with Crippen LogP contribution in [-0.2, 0) is 20.2 Å². The molecule has 0 aliphatic carbocycles. The van der Waals surface area contributed by atoms with Crippen LogP contribution in [0.3, 0.4) is 0 Å². The first-order chi connectivity index (χ1) is 22.3. The first kappa shape index (κ1) is 36.4. The number of hydrogen-bond acceptors (Lipinski definition) is 9. The Morgan fingerprint density at radius 1 is 0.583 bits per heavy atom. The molecule has 0 fully saturated rings. The Hall–Kier alpha value is -6.10. The van der Waals surface area contributed by atoms with Crippen molar-refractivity contribution in [3.63, 3.8) is 0 Å². The average molecular weight is 722 g/mol. The Balaban J connectivity index is 2.44. The van der Waals surface area contributed by atoms with E-state index in [2.05, 4.69) is 13.2 Å². The first-order valence-corrected chi connectivity index (χ1v) is 14.2. The van der Waals surface area contributed by atoms with Crippen molar-refractivity contribution >= 4 is 32.4 Å². The van der Waals surface area contributed by atoms with Gasteiger partial charge in [-0.1, -0.05) is 0 Å². The molecule has 0 amide bonds. The minimum absolute atomic E-state index is 0.187. The molecule has 48 heavy (non-hydrogen) atoms. The second-order valence-electron chi connectivity index (χ2n) is 8.34. The maximum absolute atomic E-state index is 14.3. The van der Waals surface area contributed by atoms with Crippen LogP contribution in [0.4, 0.5) is 43.9 Å². The molecule has 0 spiro atoms. The summed E-state index contributed by atoms with van der Waals surface area (Å²) in [5.74, 6) is -31.1. The summed E-state index contributed by atoms with van der Waals surface area (Å²) in [5, 5.41) is 27.4. The Labute approximate surface area is 260 Å². The molecule has 3 aromatic carbocycles. The number of halogens is 10. The van der Waals surface area contributed by atoms with E-state index in [1.807, 2.05) is 0 Å². The van der Waals surface area contributed by atoms with Crippen molar-refractivity contribution in [3.05, 3.63) is 104 Å². The van der Waals surface area contributed by atoms with Crippen LogP contribution >= 0.6 is 0 Å². The van der Waals surface area contributed by atoms with Crippen LogP contribution in [0.2, 0.25) is 0 Å². The van der Waals surface area contributed by atoms with Crippen LogP contribution in [0.5, 0.6) is 11.5 Å². The normalized spacial score (nSPS) is 11.5. The van der Waals surface area contributed by atoms with Crippen molar-refractivity contribution in [2.75, 3.05) is 0 Å². The summed E-state index contributed by atoms with van der Waals surface area (Å²) in [5.41, 5.74) is -4.23. The molecule has 10 nitrogen and oxygen atoms in total. The van der Waals surface area contributed by atoms with E-state index in [4.69, 9.17) is 22.4 Å². The number of hydrogen-bond donors (Lipinski definition) is 0. The maximum atomic E-state index is 14.3. The van der Waals surface area contributed by atoms with E-state index in [0.717, 1.165) is 0 Å². The van der Waals surface area contributed by atoms with Gasteiger partial charge >= 0.3 is 20.2 Å². The Morgan fingerprint density at radius 2 is 0.896 bits per heavy atom. The zero-order chi connectivity index (χ0) is 36.5. The van der Waals surface area contributed by atoms with Gasteiger partial charge in [0, 0.05) is 11.1 Å². The summed E-state index contributed by atoms with van der Waals surface area (Å²) >= 11 is 0. The fourth-order valence-electron chi connectivity index (χ4n) is 3.37. The Kier molecular flexibility index (Phi) is 10.1. The van der Waals surface area contributed by atoms with Gasteiger partial charge in [-0.15, -0.1) is 0 Å². The zero-order valence-electron chi connectivity index (χ0n) is 22.1. The largest absolute Gasteiger partial charge is 0.378 e. The molecular weight excluding hydrogens is 718 g/mol. The molecule has 0 atom stereocenters. The van der Waals surface area contributed by atoms with E-state index in [9.17, 15) is 60.7 Å². The molecule has 0 bridgehead atoms. The van der Waals surface area contributed by atoms with Gasteiger partial charge in [-0.2, -0.15) is 27.4 Å². The van der Waals surface area contributed by atoms with Gasteiger partial charge in [-0.3, -0.25) is 0 Å². The van der Waals surface area contributed by atoms with Gasteiger partial charge < -0.3 is 8.37 Å². The smallest absolute Gasteiger partial charge is 0.345 e. The SMILES string of the molecule is [C-]#[N+]/C(C#N)=C/c1cc(OS(=O)(=O)c2c(F)c(F)c(F)c(F)c2F)c(C=C(C#N)C#N)cc1OS(=O)(=O)c1c(F)c(F)c(F)c(F)c1F. The number of nitrogens with zero attached hydrogens (tertiary/aromatic N) is 4. The molecule has 0 aliphatic rings. The highest BCUT2D eigenvalue weighted by atomic mass is 32.2. The highest BCUT2D eigenvalue weighted by Gasteiger charge is 2.37. The summed E-state index contributed by atoms with van der Waals surface area (Å²) < 4.78 is 200. The second-order valence-corrected chi connectivity index (χ2v) is 11.3. The van der Waals surface area contributed by atoms with Gasteiger partial charge in [0.05, 0.1) is 12.6 Å². The van der Waals surface area contributed by atoms with Crippen LogP contribution in [0.1, 0.15) is 11.1 Å². The molecule has 3 aromatic rings. The van der Waals surface area contributed by atoms with Gasteiger partial charge in [0.15, 0.2) is 62.1 Å². The van der Waals surface area contributed by atoms with Gasteiger partial charge in [-0.25, -0.2) is 54.0 Å². The third kappa shape index (κ3) is 6.57. The van der Waals surface area contributed by atoms with Gasteiger partial charge in [-0.05, 0) is 24.3 Å². The fourth-order valence-corrected chi connectivity index (χ4v) is 5.54. The van der Waals surface area contributed by atoms with Crippen LogP contribution in [0.15, 0.2) is 33.2 Å². The lowest BCUT2D eigenvalue weighted by Crippen LogP contribution is -2.19. The standard InChI is InChI=1S/C26H4F10N4O6S2/c1-40-12(8-39)3-11-5-13(45-47(41,42)25-21(33)17(29)15(27)18(30)22(25)34)10(2-9(6-37)7-38)4-14(11)46-48(43,44)26-23(35)19(31)16(28)20(32)24(26)36/h2-5H/b12-3+. The Morgan fingerprint density at radius 3 is 1.19 bits per heavy atom. The molecule has 22 heteroatoms. The predicted molar refractivity (Wildman–Crippen MR) is 134 cm³/mol. The van der Waals surface area contributed by atoms with E-state index in [1.54, 1.807) is 0 Å². The van der Waals surface area contributed by atoms with Crippen molar-refractivity contribution < 1.29 is 69.1 Å². The van der Waals surface area contributed by atoms with Crippen LogP contribution in [0.25, 0.3) is 17.0 Å². The summed E-state index contributed by atoms with van der Waals surface area (Å²) in [6.45, 7) is 6.98. The Bertz CT molecular complexity index is 2130. The van der Waals surface area contributed by atoms with Crippen LogP contribution < -0.4 is 8.37 Å². The third-order valence-corrected chi connectivity index (χ3v) is 7.96. The van der Waals surface area contributed by atoms with E-state index < -0.39 is 122 Å². The predicted octanol–water partition coefficient (Wildman–Crippen LogP) is 5.83. The molecule has 0 saturated heterocycles. The van der Waals surface area contributed by atoms with Gasteiger partial charge in [0.25, 0.3) is 5.70 Å². The monoisotopic (exact) mass is 722 g/mol. The van der Waals surface area contributed by atoms with Gasteiger partial charge in [0.2, 0.25) is 11.6 Å².